The number of carbonyl (C=O) groups excluding carboxylic acids is 2. The second-order valence-electron chi connectivity index (χ2n) is 6.25. The van der Waals surface area contributed by atoms with Crippen LogP contribution in [0.5, 0.6) is 5.75 Å². The van der Waals surface area contributed by atoms with Gasteiger partial charge < -0.3 is 15.0 Å². The number of nitrogens with zero attached hydrogens (tertiary/aromatic N) is 1. The van der Waals surface area contributed by atoms with Crippen molar-refractivity contribution in [3.05, 3.63) is 77.9 Å². The maximum Gasteiger partial charge on any atom is 0.416 e. The van der Waals surface area contributed by atoms with Gasteiger partial charge in [0.05, 0.1) is 12.1 Å². The predicted molar refractivity (Wildman–Crippen MR) is 102 cm³/mol. The van der Waals surface area contributed by atoms with Crippen molar-refractivity contribution < 1.29 is 27.5 Å². The van der Waals surface area contributed by atoms with Crippen LogP contribution < -0.4 is 10.1 Å². The van der Waals surface area contributed by atoms with E-state index in [2.05, 4.69) is 11.9 Å². The molecule has 0 saturated carbocycles. The molecular formula is C21H21F3N2O3. The van der Waals surface area contributed by atoms with Crippen LogP contribution in [0.15, 0.2) is 61.2 Å². The van der Waals surface area contributed by atoms with E-state index < -0.39 is 17.6 Å². The molecule has 0 aromatic heterocycles. The van der Waals surface area contributed by atoms with Crippen LogP contribution in [0.1, 0.15) is 21.5 Å². The van der Waals surface area contributed by atoms with Gasteiger partial charge in [0.15, 0.2) is 0 Å². The second kappa shape index (κ2) is 9.77. The quantitative estimate of drug-likeness (QED) is 0.681. The van der Waals surface area contributed by atoms with Crippen molar-refractivity contribution in [2.75, 3.05) is 20.2 Å². The maximum atomic E-state index is 12.6. The molecule has 2 rings (SSSR count). The monoisotopic (exact) mass is 406 g/mol. The molecule has 29 heavy (non-hydrogen) atoms. The van der Waals surface area contributed by atoms with Gasteiger partial charge in [0.2, 0.25) is 5.91 Å². The Kier molecular flexibility index (Phi) is 7.41. The van der Waals surface area contributed by atoms with Crippen molar-refractivity contribution in [2.24, 2.45) is 0 Å². The molecule has 0 heterocycles. The Labute approximate surface area is 166 Å². The fourth-order valence-electron chi connectivity index (χ4n) is 2.41. The molecule has 8 heteroatoms. The summed E-state index contributed by atoms with van der Waals surface area (Å²) in [6.07, 6.45) is -2.83. The lowest BCUT2D eigenvalue weighted by atomic mass is 10.1. The van der Waals surface area contributed by atoms with E-state index in [1.54, 1.807) is 25.3 Å². The average molecular weight is 406 g/mol. The summed E-state index contributed by atoms with van der Waals surface area (Å²) in [5, 5.41) is 2.42. The van der Waals surface area contributed by atoms with Gasteiger partial charge in [-0.05, 0) is 42.0 Å². The second-order valence-corrected chi connectivity index (χ2v) is 6.25. The standard InChI is InChI=1S/C21H21F3N2O3/c1-3-12-29-18-10-4-15(5-11-18)14-26(2)19(27)13-25-20(28)16-6-8-17(9-7-16)21(22,23)24/h3-11H,1,12-14H2,2H3,(H,25,28). The highest BCUT2D eigenvalue weighted by atomic mass is 19.4. The molecule has 154 valence electrons. The van der Waals surface area contributed by atoms with Gasteiger partial charge in [0, 0.05) is 19.2 Å². The zero-order valence-electron chi connectivity index (χ0n) is 15.8. The van der Waals surface area contributed by atoms with Crippen LogP contribution >= 0.6 is 0 Å². The summed E-state index contributed by atoms with van der Waals surface area (Å²) in [6.45, 7) is 4.03. The van der Waals surface area contributed by atoms with Crippen LogP contribution in [0.4, 0.5) is 13.2 Å². The Morgan fingerprint density at radius 2 is 1.72 bits per heavy atom. The summed E-state index contributed by atoms with van der Waals surface area (Å²) in [4.78, 5) is 25.7. The predicted octanol–water partition coefficient (Wildman–Crippen LogP) is 3.66. The summed E-state index contributed by atoms with van der Waals surface area (Å²) >= 11 is 0. The SMILES string of the molecule is C=CCOc1ccc(CN(C)C(=O)CNC(=O)c2ccc(C(F)(F)F)cc2)cc1. The molecule has 0 bridgehead atoms. The van der Waals surface area contributed by atoms with E-state index in [4.69, 9.17) is 4.74 Å². The number of ether oxygens (including phenoxy) is 1. The van der Waals surface area contributed by atoms with Gasteiger partial charge in [0.25, 0.3) is 5.91 Å². The molecule has 0 unspecified atom stereocenters. The van der Waals surface area contributed by atoms with E-state index in [0.717, 1.165) is 29.8 Å². The minimum atomic E-state index is -4.47. The first kappa shape index (κ1) is 22.0. The third-order valence-corrected chi connectivity index (χ3v) is 4.01. The average Bonchev–Trinajstić information content (AvgIpc) is 2.70. The van der Waals surface area contributed by atoms with E-state index in [0.29, 0.717) is 18.9 Å². The summed E-state index contributed by atoms with van der Waals surface area (Å²) in [6, 6.07) is 11.0. The Morgan fingerprint density at radius 1 is 1.10 bits per heavy atom. The van der Waals surface area contributed by atoms with Gasteiger partial charge in [-0.15, -0.1) is 0 Å². The van der Waals surface area contributed by atoms with Gasteiger partial charge in [-0.25, -0.2) is 0 Å². The lowest BCUT2D eigenvalue weighted by Gasteiger charge is -2.18. The highest BCUT2D eigenvalue weighted by Crippen LogP contribution is 2.29. The highest BCUT2D eigenvalue weighted by molar-refractivity contribution is 5.96. The molecule has 2 aromatic carbocycles. The van der Waals surface area contributed by atoms with Crippen LogP contribution in [0, 0.1) is 0 Å². The molecule has 5 nitrogen and oxygen atoms in total. The smallest absolute Gasteiger partial charge is 0.416 e. The maximum absolute atomic E-state index is 12.6. The van der Waals surface area contributed by atoms with Gasteiger partial charge in [0.1, 0.15) is 12.4 Å². The number of alkyl halides is 3. The fourth-order valence-corrected chi connectivity index (χ4v) is 2.41. The zero-order valence-corrected chi connectivity index (χ0v) is 15.8. The number of carbonyl (C=O) groups is 2. The van der Waals surface area contributed by atoms with E-state index in [-0.39, 0.29) is 18.0 Å². The van der Waals surface area contributed by atoms with Crippen LogP contribution in [-0.2, 0) is 17.5 Å². The van der Waals surface area contributed by atoms with Crippen molar-refractivity contribution in [1.29, 1.82) is 0 Å². The highest BCUT2D eigenvalue weighted by Gasteiger charge is 2.30. The largest absolute Gasteiger partial charge is 0.490 e. The van der Waals surface area contributed by atoms with E-state index in [1.807, 2.05) is 12.1 Å². The Bertz CT molecular complexity index is 847. The number of hydrogen-bond donors (Lipinski definition) is 1. The summed E-state index contributed by atoms with van der Waals surface area (Å²) in [5.41, 5.74) is 0.0789. The lowest BCUT2D eigenvalue weighted by molar-refractivity contribution is -0.137. The first-order valence-electron chi connectivity index (χ1n) is 8.72. The van der Waals surface area contributed by atoms with Gasteiger partial charge in [-0.3, -0.25) is 9.59 Å². The van der Waals surface area contributed by atoms with Crippen LogP contribution in [0.25, 0.3) is 0 Å². The first-order chi connectivity index (χ1) is 13.7. The Balaban J connectivity index is 1.84. The number of halogens is 3. The van der Waals surface area contributed by atoms with Gasteiger partial charge in [-0.2, -0.15) is 13.2 Å². The topological polar surface area (TPSA) is 58.6 Å². The molecule has 0 atom stereocenters. The number of rotatable bonds is 8. The summed E-state index contributed by atoms with van der Waals surface area (Å²) in [5.74, 6) is -0.270. The van der Waals surface area contributed by atoms with Crippen molar-refractivity contribution in [2.45, 2.75) is 12.7 Å². The molecule has 0 aliphatic rings. The first-order valence-corrected chi connectivity index (χ1v) is 8.72. The molecule has 1 N–H and O–H groups in total. The Hall–Kier alpha value is -3.29. The Morgan fingerprint density at radius 3 is 2.28 bits per heavy atom. The fraction of sp³-hybridized carbons (Fsp3) is 0.238. The molecule has 0 radical (unpaired) electrons. The van der Waals surface area contributed by atoms with Crippen molar-refractivity contribution >= 4 is 11.8 Å². The minimum Gasteiger partial charge on any atom is -0.490 e. The molecule has 2 aromatic rings. The van der Waals surface area contributed by atoms with Crippen molar-refractivity contribution in [3.8, 4) is 5.75 Å². The van der Waals surface area contributed by atoms with Crippen LogP contribution in [0.3, 0.4) is 0 Å². The molecule has 0 aliphatic heterocycles. The summed E-state index contributed by atoms with van der Waals surface area (Å²) in [7, 11) is 1.59. The van der Waals surface area contributed by atoms with Gasteiger partial charge in [-0.1, -0.05) is 24.8 Å². The molecule has 0 saturated heterocycles. The molecule has 0 aliphatic carbocycles. The molecular weight excluding hydrogens is 385 g/mol. The van der Waals surface area contributed by atoms with Crippen molar-refractivity contribution in [3.63, 3.8) is 0 Å². The number of benzene rings is 2. The van der Waals surface area contributed by atoms with E-state index >= 15 is 0 Å². The normalized spacial score (nSPS) is 10.9. The van der Waals surface area contributed by atoms with E-state index in [9.17, 15) is 22.8 Å². The van der Waals surface area contributed by atoms with Crippen LogP contribution in [-0.4, -0.2) is 36.9 Å². The third kappa shape index (κ3) is 6.67. The minimum absolute atomic E-state index is 0.0450. The third-order valence-electron chi connectivity index (χ3n) is 4.01. The number of likely N-dealkylation sites (N-methyl/N-ethyl adjacent to an activating group) is 1. The molecule has 0 fully saturated rings. The number of nitrogens with one attached hydrogen (secondary N) is 1. The van der Waals surface area contributed by atoms with Crippen LogP contribution in [0.2, 0.25) is 0 Å². The van der Waals surface area contributed by atoms with Gasteiger partial charge >= 0.3 is 6.18 Å². The number of amides is 2. The van der Waals surface area contributed by atoms with Crippen molar-refractivity contribution in [1.82, 2.24) is 10.2 Å². The lowest BCUT2D eigenvalue weighted by Crippen LogP contribution is -2.37. The summed E-state index contributed by atoms with van der Waals surface area (Å²) < 4.78 is 43.1. The molecule has 0 spiro atoms. The zero-order chi connectivity index (χ0) is 21.4. The molecule has 2 amide bonds. The number of hydrogen-bond acceptors (Lipinski definition) is 3. The van der Waals surface area contributed by atoms with E-state index in [1.165, 1.54) is 4.90 Å².